The van der Waals surface area contributed by atoms with Gasteiger partial charge in [0.05, 0.1) is 5.02 Å². The maximum absolute atomic E-state index is 6.27. The van der Waals surface area contributed by atoms with Crippen LogP contribution in [0.2, 0.25) is 5.02 Å². The highest BCUT2D eigenvalue weighted by Gasteiger charge is 2.21. The van der Waals surface area contributed by atoms with Crippen LogP contribution in [0.5, 0.6) is 0 Å². The normalized spacial score (nSPS) is 20.6. The third kappa shape index (κ3) is 2.90. The van der Waals surface area contributed by atoms with Crippen LogP contribution in [0.1, 0.15) is 31.7 Å². The average molecular weight is 254 g/mol. The second kappa shape index (κ2) is 5.69. The number of halogens is 1. The number of hydrogen-bond donors (Lipinski definition) is 1. The first kappa shape index (κ1) is 12.7. The minimum absolute atomic E-state index is 0.491. The molecule has 1 saturated heterocycles. The number of piperidine rings is 1. The van der Waals surface area contributed by atoms with Crippen LogP contribution in [0, 0.1) is 5.92 Å². The van der Waals surface area contributed by atoms with E-state index in [1.807, 2.05) is 12.3 Å². The molecule has 2 rings (SSSR count). The molecule has 1 aromatic rings. The highest BCUT2D eigenvalue weighted by atomic mass is 35.5. The number of nitrogens with zero attached hydrogens (tertiary/aromatic N) is 2. The maximum Gasteiger partial charge on any atom is 0.147 e. The zero-order chi connectivity index (χ0) is 12.3. The summed E-state index contributed by atoms with van der Waals surface area (Å²) in [6.45, 7) is 4.88. The summed E-state index contributed by atoms with van der Waals surface area (Å²) in [6.07, 6.45) is 5.62. The van der Waals surface area contributed by atoms with Gasteiger partial charge in [0.25, 0.3) is 0 Å². The number of anilines is 1. The van der Waals surface area contributed by atoms with Crippen LogP contribution < -0.4 is 10.6 Å². The molecule has 1 fully saturated rings. The Hall–Kier alpha value is -0.800. The van der Waals surface area contributed by atoms with Gasteiger partial charge in [-0.05, 0) is 30.4 Å². The van der Waals surface area contributed by atoms with Crippen molar-refractivity contribution in [1.29, 1.82) is 0 Å². The van der Waals surface area contributed by atoms with Gasteiger partial charge in [0.1, 0.15) is 5.82 Å². The molecule has 1 atom stereocenters. The van der Waals surface area contributed by atoms with Crippen LogP contribution in [-0.2, 0) is 6.54 Å². The van der Waals surface area contributed by atoms with E-state index in [1.165, 1.54) is 19.3 Å². The summed E-state index contributed by atoms with van der Waals surface area (Å²) in [5.41, 5.74) is 6.57. The molecule has 1 aromatic heterocycles. The van der Waals surface area contributed by atoms with Gasteiger partial charge in [-0.15, -0.1) is 0 Å². The quantitative estimate of drug-likeness (QED) is 0.901. The molecule has 17 heavy (non-hydrogen) atoms. The highest BCUT2D eigenvalue weighted by molar-refractivity contribution is 6.33. The van der Waals surface area contributed by atoms with E-state index in [-0.39, 0.29) is 0 Å². The van der Waals surface area contributed by atoms with Crippen molar-refractivity contribution in [3.05, 3.63) is 22.8 Å². The minimum atomic E-state index is 0.491. The molecule has 94 valence electrons. The fourth-order valence-corrected chi connectivity index (χ4v) is 2.71. The van der Waals surface area contributed by atoms with Crippen LogP contribution in [-0.4, -0.2) is 18.1 Å². The molecule has 1 aliphatic rings. The maximum atomic E-state index is 6.27. The first-order valence-corrected chi connectivity index (χ1v) is 6.71. The average Bonchev–Trinajstić information content (AvgIpc) is 2.38. The summed E-state index contributed by atoms with van der Waals surface area (Å²) in [5, 5.41) is 0.727. The fraction of sp³-hybridized carbons (Fsp3) is 0.615. The summed E-state index contributed by atoms with van der Waals surface area (Å²) in [7, 11) is 0. The number of aromatic nitrogens is 1. The van der Waals surface area contributed by atoms with Crippen molar-refractivity contribution in [1.82, 2.24) is 4.98 Å². The van der Waals surface area contributed by atoms with Gasteiger partial charge < -0.3 is 10.6 Å². The third-order valence-electron chi connectivity index (χ3n) is 3.51. The van der Waals surface area contributed by atoms with Gasteiger partial charge in [-0.2, -0.15) is 0 Å². The van der Waals surface area contributed by atoms with Gasteiger partial charge in [0, 0.05) is 25.8 Å². The van der Waals surface area contributed by atoms with E-state index in [9.17, 15) is 0 Å². The number of nitrogens with two attached hydrogens (primary N) is 1. The van der Waals surface area contributed by atoms with Gasteiger partial charge in [0.2, 0.25) is 0 Å². The third-order valence-corrected chi connectivity index (χ3v) is 3.79. The Morgan fingerprint density at radius 2 is 2.41 bits per heavy atom. The van der Waals surface area contributed by atoms with Gasteiger partial charge in [-0.1, -0.05) is 24.9 Å². The van der Waals surface area contributed by atoms with Crippen molar-refractivity contribution in [3.63, 3.8) is 0 Å². The molecule has 0 aromatic carbocycles. The van der Waals surface area contributed by atoms with E-state index in [1.54, 1.807) is 0 Å². The Bertz CT molecular complexity index is 381. The molecule has 0 radical (unpaired) electrons. The van der Waals surface area contributed by atoms with E-state index < -0.39 is 0 Å². The van der Waals surface area contributed by atoms with E-state index in [0.717, 1.165) is 35.4 Å². The predicted molar refractivity (Wildman–Crippen MR) is 72.4 cm³/mol. The summed E-state index contributed by atoms with van der Waals surface area (Å²) < 4.78 is 0. The molecule has 1 aliphatic heterocycles. The topological polar surface area (TPSA) is 42.2 Å². The SMILES string of the molecule is CCC1CCCN(c2ncc(CN)cc2Cl)C1. The molecular formula is C13H20ClN3. The molecule has 2 N–H and O–H groups in total. The molecule has 2 heterocycles. The fourth-order valence-electron chi connectivity index (χ4n) is 2.41. The zero-order valence-electron chi connectivity index (χ0n) is 10.3. The molecule has 0 bridgehead atoms. The first-order chi connectivity index (χ1) is 8.24. The number of rotatable bonds is 3. The van der Waals surface area contributed by atoms with E-state index in [4.69, 9.17) is 17.3 Å². The Labute approximate surface area is 108 Å². The van der Waals surface area contributed by atoms with E-state index in [2.05, 4.69) is 16.8 Å². The Balaban J connectivity index is 2.16. The van der Waals surface area contributed by atoms with E-state index >= 15 is 0 Å². The van der Waals surface area contributed by atoms with Crippen LogP contribution in [0.4, 0.5) is 5.82 Å². The van der Waals surface area contributed by atoms with E-state index in [0.29, 0.717) is 6.54 Å². The zero-order valence-corrected chi connectivity index (χ0v) is 11.1. The van der Waals surface area contributed by atoms with Crippen LogP contribution in [0.25, 0.3) is 0 Å². The first-order valence-electron chi connectivity index (χ1n) is 6.34. The smallest absolute Gasteiger partial charge is 0.147 e. The molecular weight excluding hydrogens is 234 g/mol. The van der Waals surface area contributed by atoms with Crippen molar-refractivity contribution in [2.75, 3.05) is 18.0 Å². The predicted octanol–water partition coefficient (Wildman–Crippen LogP) is 2.82. The molecule has 0 amide bonds. The Morgan fingerprint density at radius 1 is 1.59 bits per heavy atom. The van der Waals surface area contributed by atoms with Crippen molar-refractivity contribution in [2.45, 2.75) is 32.7 Å². The Morgan fingerprint density at radius 3 is 3.06 bits per heavy atom. The van der Waals surface area contributed by atoms with Gasteiger partial charge in [-0.25, -0.2) is 4.98 Å². The largest absolute Gasteiger partial charge is 0.355 e. The van der Waals surface area contributed by atoms with Gasteiger partial charge in [0.15, 0.2) is 0 Å². The van der Waals surface area contributed by atoms with Crippen LogP contribution in [0.15, 0.2) is 12.3 Å². The van der Waals surface area contributed by atoms with Crippen LogP contribution >= 0.6 is 11.6 Å². The lowest BCUT2D eigenvalue weighted by molar-refractivity contribution is 0.403. The van der Waals surface area contributed by atoms with Crippen molar-refractivity contribution < 1.29 is 0 Å². The lowest BCUT2D eigenvalue weighted by Gasteiger charge is -2.33. The number of hydrogen-bond acceptors (Lipinski definition) is 3. The summed E-state index contributed by atoms with van der Waals surface area (Å²) in [6, 6.07) is 1.93. The molecule has 4 heteroatoms. The lowest BCUT2D eigenvalue weighted by atomic mass is 9.96. The molecule has 0 spiro atoms. The van der Waals surface area contributed by atoms with Gasteiger partial charge in [-0.3, -0.25) is 0 Å². The second-order valence-corrected chi connectivity index (χ2v) is 5.12. The highest BCUT2D eigenvalue weighted by Crippen LogP contribution is 2.29. The minimum Gasteiger partial charge on any atom is -0.355 e. The Kier molecular flexibility index (Phi) is 4.24. The van der Waals surface area contributed by atoms with Crippen molar-refractivity contribution in [3.8, 4) is 0 Å². The molecule has 3 nitrogen and oxygen atoms in total. The van der Waals surface area contributed by atoms with Crippen molar-refractivity contribution >= 4 is 17.4 Å². The molecule has 0 aliphatic carbocycles. The molecule has 0 saturated carbocycles. The number of pyridine rings is 1. The van der Waals surface area contributed by atoms with Gasteiger partial charge >= 0.3 is 0 Å². The van der Waals surface area contributed by atoms with Crippen LogP contribution in [0.3, 0.4) is 0 Å². The monoisotopic (exact) mass is 253 g/mol. The summed E-state index contributed by atoms with van der Waals surface area (Å²) >= 11 is 6.27. The standard InChI is InChI=1S/C13H20ClN3/c1-2-10-4-3-5-17(9-10)13-12(14)6-11(7-15)8-16-13/h6,8,10H,2-5,7,9,15H2,1H3. The summed E-state index contributed by atoms with van der Waals surface area (Å²) in [5.74, 6) is 1.69. The summed E-state index contributed by atoms with van der Waals surface area (Å²) in [4.78, 5) is 6.76. The lowest BCUT2D eigenvalue weighted by Crippen LogP contribution is -2.35. The molecule has 1 unspecified atom stereocenters. The van der Waals surface area contributed by atoms with Crippen molar-refractivity contribution in [2.24, 2.45) is 11.7 Å². The second-order valence-electron chi connectivity index (χ2n) is 4.72.